The highest BCUT2D eigenvalue weighted by Gasteiger charge is 2.21. The van der Waals surface area contributed by atoms with E-state index in [9.17, 15) is 14.9 Å². The van der Waals surface area contributed by atoms with Crippen LogP contribution < -0.4 is 10.5 Å². The quantitative estimate of drug-likeness (QED) is 0.618. The first-order valence-electron chi connectivity index (χ1n) is 7.33. The standard InChI is InChI=1S/C15H17N5O3/c1-17-7-9-18(10-8-17)12-4-5-13(20(22)23)14(11-12)19-15(21)3-2-6-16-19/h2-6,11H,7-10H2,1H3. The van der Waals surface area contributed by atoms with E-state index in [4.69, 9.17) is 0 Å². The lowest BCUT2D eigenvalue weighted by molar-refractivity contribution is -0.384. The molecule has 0 bridgehead atoms. The van der Waals surface area contributed by atoms with Gasteiger partial charge in [0.2, 0.25) is 0 Å². The maximum atomic E-state index is 12.0. The Morgan fingerprint density at radius 2 is 1.91 bits per heavy atom. The first kappa shape index (κ1) is 15.2. The predicted octanol–water partition coefficient (Wildman–Crippen LogP) is 0.892. The molecule has 1 aliphatic heterocycles. The summed E-state index contributed by atoms with van der Waals surface area (Å²) in [5.74, 6) is 0. The number of hydrogen-bond donors (Lipinski definition) is 0. The minimum atomic E-state index is -0.496. The Morgan fingerprint density at radius 1 is 1.17 bits per heavy atom. The summed E-state index contributed by atoms with van der Waals surface area (Å²) < 4.78 is 1.07. The zero-order chi connectivity index (χ0) is 16.4. The van der Waals surface area contributed by atoms with Crippen molar-refractivity contribution in [2.45, 2.75) is 0 Å². The lowest BCUT2D eigenvalue weighted by Gasteiger charge is -2.34. The number of hydrogen-bond acceptors (Lipinski definition) is 6. The summed E-state index contributed by atoms with van der Waals surface area (Å²) in [4.78, 5) is 27.1. The van der Waals surface area contributed by atoms with E-state index in [-0.39, 0.29) is 11.4 Å². The third kappa shape index (κ3) is 3.07. The Bertz CT molecular complexity index is 781. The molecule has 0 amide bonds. The van der Waals surface area contributed by atoms with Gasteiger partial charge in [0.05, 0.1) is 4.92 Å². The van der Waals surface area contributed by atoms with Crippen LogP contribution in [0.2, 0.25) is 0 Å². The second kappa shape index (κ2) is 6.17. The molecule has 1 saturated heterocycles. The zero-order valence-corrected chi connectivity index (χ0v) is 12.8. The number of likely N-dealkylation sites (N-methyl/N-ethyl adjacent to an activating group) is 1. The molecule has 0 atom stereocenters. The van der Waals surface area contributed by atoms with E-state index in [0.29, 0.717) is 0 Å². The molecule has 23 heavy (non-hydrogen) atoms. The zero-order valence-electron chi connectivity index (χ0n) is 12.8. The Kier molecular flexibility index (Phi) is 4.07. The highest BCUT2D eigenvalue weighted by Crippen LogP contribution is 2.27. The summed E-state index contributed by atoms with van der Waals surface area (Å²) in [6.07, 6.45) is 1.44. The minimum Gasteiger partial charge on any atom is -0.369 e. The Hall–Kier alpha value is -2.74. The normalized spacial score (nSPS) is 15.6. The van der Waals surface area contributed by atoms with Crippen LogP contribution in [0, 0.1) is 10.1 Å². The Balaban J connectivity index is 2.06. The van der Waals surface area contributed by atoms with Gasteiger partial charge in [-0.2, -0.15) is 9.78 Å². The summed E-state index contributed by atoms with van der Waals surface area (Å²) in [5, 5.41) is 15.2. The highest BCUT2D eigenvalue weighted by molar-refractivity contribution is 5.62. The number of nitrogens with zero attached hydrogens (tertiary/aromatic N) is 5. The molecule has 0 N–H and O–H groups in total. The van der Waals surface area contributed by atoms with E-state index in [1.165, 1.54) is 24.4 Å². The van der Waals surface area contributed by atoms with Crippen molar-refractivity contribution < 1.29 is 4.92 Å². The Morgan fingerprint density at radius 3 is 2.57 bits per heavy atom. The molecule has 2 aromatic rings. The van der Waals surface area contributed by atoms with Crippen LogP contribution >= 0.6 is 0 Å². The van der Waals surface area contributed by atoms with Crippen LogP contribution in [0.1, 0.15) is 0 Å². The van der Waals surface area contributed by atoms with Gasteiger partial charge in [0.1, 0.15) is 5.69 Å². The van der Waals surface area contributed by atoms with Crippen LogP contribution in [0.15, 0.2) is 41.3 Å². The largest absolute Gasteiger partial charge is 0.369 e. The molecule has 2 heterocycles. The maximum absolute atomic E-state index is 12.0. The fourth-order valence-electron chi connectivity index (χ4n) is 2.64. The van der Waals surface area contributed by atoms with Crippen molar-refractivity contribution in [1.29, 1.82) is 0 Å². The number of anilines is 1. The van der Waals surface area contributed by atoms with Gasteiger partial charge in [-0.05, 0) is 25.2 Å². The van der Waals surface area contributed by atoms with Gasteiger partial charge in [-0.3, -0.25) is 14.9 Å². The first-order valence-corrected chi connectivity index (χ1v) is 7.33. The lowest BCUT2D eigenvalue weighted by Crippen LogP contribution is -2.44. The summed E-state index contributed by atoms with van der Waals surface area (Å²) in [5.41, 5.74) is 0.517. The molecule has 120 valence electrons. The number of piperazine rings is 1. The summed E-state index contributed by atoms with van der Waals surface area (Å²) in [7, 11) is 2.06. The van der Waals surface area contributed by atoms with Crippen molar-refractivity contribution in [2.24, 2.45) is 0 Å². The highest BCUT2D eigenvalue weighted by atomic mass is 16.6. The summed E-state index contributed by atoms with van der Waals surface area (Å²) in [6.45, 7) is 3.53. The molecule has 0 spiro atoms. The number of nitro benzene ring substituents is 1. The second-order valence-electron chi connectivity index (χ2n) is 5.49. The second-order valence-corrected chi connectivity index (χ2v) is 5.49. The van der Waals surface area contributed by atoms with E-state index in [1.807, 2.05) is 0 Å². The average Bonchev–Trinajstić information content (AvgIpc) is 2.55. The summed E-state index contributed by atoms with van der Waals surface area (Å²) in [6, 6.07) is 7.66. The van der Waals surface area contributed by atoms with Crippen molar-refractivity contribution in [2.75, 3.05) is 38.1 Å². The fraction of sp³-hybridized carbons (Fsp3) is 0.333. The molecule has 1 aliphatic rings. The van der Waals surface area contributed by atoms with E-state index >= 15 is 0 Å². The van der Waals surface area contributed by atoms with Crippen LogP contribution in [-0.2, 0) is 0 Å². The molecule has 0 radical (unpaired) electrons. The van der Waals surface area contributed by atoms with E-state index in [0.717, 1.165) is 36.5 Å². The maximum Gasteiger partial charge on any atom is 0.295 e. The van der Waals surface area contributed by atoms with Crippen molar-refractivity contribution in [1.82, 2.24) is 14.7 Å². The van der Waals surface area contributed by atoms with Gasteiger partial charge in [0.15, 0.2) is 0 Å². The van der Waals surface area contributed by atoms with Crippen LogP contribution in [0.25, 0.3) is 5.69 Å². The lowest BCUT2D eigenvalue weighted by atomic mass is 10.2. The summed E-state index contributed by atoms with van der Waals surface area (Å²) >= 11 is 0. The molecule has 1 aromatic heterocycles. The molecular formula is C15H17N5O3. The topological polar surface area (TPSA) is 84.5 Å². The van der Waals surface area contributed by atoms with Crippen molar-refractivity contribution in [3.63, 3.8) is 0 Å². The molecule has 0 unspecified atom stereocenters. The van der Waals surface area contributed by atoms with Crippen LogP contribution in [0.5, 0.6) is 0 Å². The monoisotopic (exact) mass is 315 g/mol. The first-order chi connectivity index (χ1) is 11.1. The van der Waals surface area contributed by atoms with Gasteiger partial charge in [-0.15, -0.1) is 0 Å². The number of aromatic nitrogens is 2. The van der Waals surface area contributed by atoms with E-state index in [1.54, 1.807) is 12.1 Å². The van der Waals surface area contributed by atoms with Crippen LogP contribution in [-0.4, -0.2) is 52.8 Å². The minimum absolute atomic E-state index is 0.135. The molecule has 3 rings (SSSR count). The fourth-order valence-corrected chi connectivity index (χ4v) is 2.64. The smallest absolute Gasteiger partial charge is 0.295 e. The van der Waals surface area contributed by atoms with Gasteiger partial charge in [-0.25, -0.2) is 0 Å². The third-order valence-electron chi connectivity index (χ3n) is 3.97. The van der Waals surface area contributed by atoms with Crippen molar-refractivity contribution >= 4 is 11.4 Å². The Labute approximate surface area is 132 Å². The van der Waals surface area contributed by atoms with Crippen molar-refractivity contribution in [3.05, 3.63) is 57.0 Å². The third-order valence-corrected chi connectivity index (χ3v) is 3.97. The van der Waals surface area contributed by atoms with Crippen LogP contribution in [0.3, 0.4) is 0 Å². The molecule has 0 aliphatic carbocycles. The van der Waals surface area contributed by atoms with Gasteiger partial charge in [0.25, 0.3) is 11.2 Å². The molecule has 0 saturated carbocycles. The number of rotatable bonds is 3. The van der Waals surface area contributed by atoms with Crippen molar-refractivity contribution in [3.8, 4) is 5.69 Å². The van der Waals surface area contributed by atoms with Gasteiger partial charge in [0, 0.05) is 50.2 Å². The number of benzene rings is 1. The molecular weight excluding hydrogens is 298 g/mol. The number of nitro groups is 1. The molecule has 1 aromatic carbocycles. The van der Waals surface area contributed by atoms with E-state index < -0.39 is 10.5 Å². The SMILES string of the molecule is CN1CCN(c2ccc([N+](=O)[O-])c(-n3ncccc3=O)c2)CC1. The predicted molar refractivity (Wildman–Crippen MR) is 86.2 cm³/mol. The molecule has 8 heteroatoms. The average molecular weight is 315 g/mol. The molecule has 1 fully saturated rings. The van der Waals surface area contributed by atoms with Gasteiger partial charge in [-0.1, -0.05) is 0 Å². The van der Waals surface area contributed by atoms with Crippen LogP contribution in [0.4, 0.5) is 11.4 Å². The van der Waals surface area contributed by atoms with Gasteiger partial charge < -0.3 is 9.80 Å². The molecule has 8 nitrogen and oxygen atoms in total. The van der Waals surface area contributed by atoms with Gasteiger partial charge >= 0.3 is 0 Å². The van der Waals surface area contributed by atoms with E-state index in [2.05, 4.69) is 21.9 Å².